The monoisotopic (exact) mass is 263 g/mol. The summed E-state index contributed by atoms with van der Waals surface area (Å²) in [4.78, 5) is 19.3. The van der Waals surface area contributed by atoms with Gasteiger partial charge in [0.25, 0.3) is 0 Å². The summed E-state index contributed by atoms with van der Waals surface area (Å²) < 4.78 is 5.35. The molecule has 2 rings (SSSR count). The zero-order valence-corrected chi connectivity index (χ0v) is 11.0. The third-order valence-electron chi connectivity index (χ3n) is 2.84. The van der Waals surface area contributed by atoms with Crippen LogP contribution in [0.15, 0.2) is 18.2 Å². The van der Waals surface area contributed by atoms with Crippen LogP contribution in [0.25, 0.3) is 0 Å². The van der Waals surface area contributed by atoms with E-state index in [1.54, 1.807) is 19.1 Å². The van der Waals surface area contributed by atoms with Crippen molar-refractivity contribution in [2.45, 2.75) is 26.3 Å². The highest BCUT2D eigenvalue weighted by atomic mass is 16.5. The van der Waals surface area contributed by atoms with E-state index >= 15 is 0 Å². The van der Waals surface area contributed by atoms with Gasteiger partial charge in [-0.1, -0.05) is 12.2 Å². The summed E-state index contributed by atoms with van der Waals surface area (Å²) in [7, 11) is 0. The summed E-state index contributed by atoms with van der Waals surface area (Å²) in [5.41, 5.74) is 0. The van der Waals surface area contributed by atoms with Crippen molar-refractivity contribution in [3.05, 3.63) is 24.0 Å². The van der Waals surface area contributed by atoms with E-state index in [-0.39, 0.29) is 6.04 Å². The van der Waals surface area contributed by atoms with Crippen LogP contribution in [0.1, 0.15) is 19.2 Å². The van der Waals surface area contributed by atoms with Crippen LogP contribution in [0.3, 0.4) is 0 Å². The number of carbonyl (C=O) groups is 1. The molecule has 19 heavy (non-hydrogen) atoms. The first-order valence-electron chi connectivity index (χ1n) is 6.24. The van der Waals surface area contributed by atoms with Gasteiger partial charge in [0, 0.05) is 12.1 Å². The second-order valence-electron chi connectivity index (χ2n) is 4.39. The van der Waals surface area contributed by atoms with Gasteiger partial charge >= 0.3 is 5.97 Å². The van der Waals surface area contributed by atoms with Gasteiger partial charge in [-0.3, -0.25) is 4.79 Å². The van der Waals surface area contributed by atoms with Gasteiger partial charge in [0.2, 0.25) is 5.88 Å². The number of hydrogen-bond acceptors (Lipinski definition) is 5. The lowest BCUT2D eigenvalue weighted by Gasteiger charge is -2.14. The lowest BCUT2D eigenvalue weighted by Crippen LogP contribution is -2.19. The highest BCUT2D eigenvalue weighted by Crippen LogP contribution is 2.22. The number of carboxylic acid groups (broad SMARTS) is 1. The van der Waals surface area contributed by atoms with E-state index in [4.69, 9.17) is 9.84 Å². The molecule has 0 spiro atoms. The molecule has 0 aliphatic heterocycles. The SMILES string of the molecule is CCOc1cc(NC2C=CC(C(=O)O)C2)nc(C)n1. The standard InChI is InChI=1S/C13H17N3O3/c1-3-19-12-7-11(14-8(2)15-12)16-10-5-4-9(6-10)13(17)18/h4-5,7,9-10H,3,6H2,1-2H3,(H,17,18)(H,14,15,16). The first-order valence-corrected chi connectivity index (χ1v) is 6.24. The average molecular weight is 263 g/mol. The molecule has 0 saturated carbocycles. The van der Waals surface area contributed by atoms with E-state index in [1.807, 2.05) is 13.0 Å². The minimum Gasteiger partial charge on any atom is -0.481 e. The molecule has 1 aromatic heterocycles. The molecule has 6 heteroatoms. The first kappa shape index (κ1) is 13.3. The topological polar surface area (TPSA) is 84.3 Å². The van der Waals surface area contributed by atoms with Crippen LogP contribution in [0.5, 0.6) is 5.88 Å². The molecule has 0 amide bonds. The van der Waals surface area contributed by atoms with Crippen molar-refractivity contribution < 1.29 is 14.6 Å². The van der Waals surface area contributed by atoms with Crippen molar-refractivity contribution in [3.8, 4) is 5.88 Å². The van der Waals surface area contributed by atoms with Crippen LogP contribution >= 0.6 is 0 Å². The quantitative estimate of drug-likeness (QED) is 0.785. The number of carboxylic acids is 1. The number of nitrogens with one attached hydrogen (secondary N) is 1. The van der Waals surface area contributed by atoms with Crippen molar-refractivity contribution in [1.82, 2.24) is 9.97 Å². The number of hydrogen-bond donors (Lipinski definition) is 2. The van der Waals surface area contributed by atoms with E-state index in [0.29, 0.717) is 30.5 Å². The van der Waals surface area contributed by atoms with Gasteiger partial charge in [-0.15, -0.1) is 0 Å². The van der Waals surface area contributed by atoms with Crippen LogP contribution in [-0.4, -0.2) is 33.7 Å². The molecule has 1 aliphatic rings. The Morgan fingerprint density at radius 3 is 2.95 bits per heavy atom. The van der Waals surface area contributed by atoms with Gasteiger partial charge in [-0.2, -0.15) is 4.98 Å². The first-order chi connectivity index (χ1) is 9.08. The predicted octanol–water partition coefficient (Wildman–Crippen LogP) is 1.62. The van der Waals surface area contributed by atoms with Crippen molar-refractivity contribution in [1.29, 1.82) is 0 Å². The van der Waals surface area contributed by atoms with Crippen molar-refractivity contribution in [2.75, 3.05) is 11.9 Å². The Labute approximate surface area is 111 Å². The summed E-state index contributed by atoms with van der Waals surface area (Å²) in [5, 5.41) is 12.1. The molecule has 0 radical (unpaired) electrons. The lowest BCUT2D eigenvalue weighted by molar-refractivity contribution is -0.140. The van der Waals surface area contributed by atoms with Gasteiger partial charge in [-0.25, -0.2) is 4.98 Å². The Balaban J connectivity index is 2.04. The van der Waals surface area contributed by atoms with Gasteiger partial charge in [0.1, 0.15) is 11.6 Å². The van der Waals surface area contributed by atoms with Crippen LogP contribution in [0.2, 0.25) is 0 Å². The van der Waals surface area contributed by atoms with E-state index in [9.17, 15) is 4.79 Å². The summed E-state index contributed by atoms with van der Waals surface area (Å²) in [5.74, 6) is 0.567. The molecule has 102 valence electrons. The molecule has 0 saturated heterocycles. The second kappa shape index (κ2) is 5.69. The fraction of sp³-hybridized carbons (Fsp3) is 0.462. The average Bonchev–Trinajstić information content (AvgIpc) is 2.77. The minimum atomic E-state index is -0.797. The molecule has 2 N–H and O–H groups in total. The fourth-order valence-electron chi connectivity index (χ4n) is 2.02. The Kier molecular flexibility index (Phi) is 3.99. The third-order valence-corrected chi connectivity index (χ3v) is 2.84. The molecular formula is C13H17N3O3. The molecule has 6 nitrogen and oxygen atoms in total. The lowest BCUT2D eigenvalue weighted by atomic mass is 10.1. The molecule has 0 aromatic carbocycles. The van der Waals surface area contributed by atoms with Crippen molar-refractivity contribution >= 4 is 11.8 Å². The van der Waals surface area contributed by atoms with Crippen LogP contribution < -0.4 is 10.1 Å². The number of ether oxygens (including phenoxy) is 1. The Morgan fingerprint density at radius 2 is 2.32 bits per heavy atom. The van der Waals surface area contributed by atoms with E-state index in [2.05, 4.69) is 15.3 Å². The van der Waals surface area contributed by atoms with Gasteiger partial charge in [-0.05, 0) is 20.3 Å². The Morgan fingerprint density at radius 1 is 1.53 bits per heavy atom. The maximum atomic E-state index is 10.9. The number of aromatic nitrogens is 2. The summed E-state index contributed by atoms with van der Waals surface area (Å²) >= 11 is 0. The normalized spacial score (nSPS) is 21.4. The number of aliphatic carboxylic acids is 1. The molecule has 1 aromatic rings. The molecule has 0 bridgehead atoms. The van der Waals surface area contributed by atoms with Gasteiger partial charge < -0.3 is 15.2 Å². The van der Waals surface area contributed by atoms with Gasteiger partial charge in [0.05, 0.1) is 12.5 Å². The highest BCUT2D eigenvalue weighted by molar-refractivity contribution is 5.73. The molecule has 2 atom stereocenters. The maximum Gasteiger partial charge on any atom is 0.310 e. The van der Waals surface area contributed by atoms with E-state index < -0.39 is 11.9 Å². The summed E-state index contributed by atoms with van der Waals surface area (Å²) in [6, 6.07) is 1.70. The predicted molar refractivity (Wildman–Crippen MR) is 70.2 cm³/mol. The zero-order chi connectivity index (χ0) is 13.8. The zero-order valence-electron chi connectivity index (χ0n) is 11.0. The summed E-state index contributed by atoms with van der Waals surface area (Å²) in [6.45, 7) is 4.22. The number of anilines is 1. The Hall–Kier alpha value is -2.11. The Bertz CT molecular complexity index is 502. The molecular weight excluding hydrogens is 246 g/mol. The molecule has 2 unspecified atom stereocenters. The van der Waals surface area contributed by atoms with E-state index in [1.165, 1.54) is 0 Å². The summed E-state index contributed by atoms with van der Waals surface area (Å²) in [6.07, 6.45) is 4.09. The van der Waals surface area contributed by atoms with Crippen LogP contribution in [0.4, 0.5) is 5.82 Å². The smallest absolute Gasteiger partial charge is 0.310 e. The molecule has 1 heterocycles. The van der Waals surface area contributed by atoms with Crippen LogP contribution in [0, 0.1) is 12.8 Å². The van der Waals surface area contributed by atoms with Gasteiger partial charge in [0.15, 0.2) is 0 Å². The highest BCUT2D eigenvalue weighted by Gasteiger charge is 2.24. The fourth-order valence-corrected chi connectivity index (χ4v) is 2.02. The molecule has 1 aliphatic carbocycles. The molecule has 0 fully saturated rings. The maximum absolute atomic E-state index is 10.9. The minimum absolute atomic E-state index is 0.0233. The largest absolute Gasteiger partial charge is 0.481 e. The van der Waals surface area contributed by atoms with E-state index in [0.717, 1.165) is 0 Å². The van der Waals surface area contributed by atoms with Crippen LogP contribution in [-0.2, 0) is 4.79 Å². The van der Waals surface area contributed by atoms with Crippen molar-refractivity contribution in [2.24, 2.45) is 5.92 Å². The number of rotatable bonds is 5. The number of aryl methyl sites for hydroxylation is 1. The third kappa shape index (κ3) is 3.43. The van der Waals surface area contributed by atoms with Crippen molar-refractivity contribution in [3.63, 3.8) is 0 Å². The second-order valence-corrected chi connectivity index (χ2v) is 4.39. The number of nitrogens with zero attached hydrogens (tertiary/aromatic N) is 2.